The van der Waals surface area contributed by atoms with Crippen molar-refractivity contribution >= 4 is 11.6 Å². The summed E-state index contributed by atoms with van der Waals surface area (Å²) in [6.45, 7) is 7.61. The highest BCUT2D eigenvalue weighted by atomic mass is 35.5. The Morgan fingerprint density at radius 1 is 1.44 bits per heavy atom. The van der Waals surface area contributed by atoms with Crippen LogP contribution in [0.4, 0.5) is 4.39 Å². The van der Waals surface area contributed by atoms with Crippen LogP contribution in [0.2, 0.25) is 5.02 Å². The van der Waals surface area contributed by atoms with Crippen LogP contribution < -0.4 is 5.32 Å². The molecule has 0 bridgehead atoms. The minimum atomic E-state index is -0.237. The fourth-order valence-electron chi connectivity index (χ4n) is 2.39. The van der Waals surface area contributed by atoms with Gasteiger partial charge in [0.25, 0.3) is 0 Å². The van der Waals surface area contributed by atoms with Crippen molar-refractivity contribution in [1.29, 1.82) is 0 Å². The van der Waals surface area contributed by atoms with Crippen molar-refractivity contribution in [2.45, 2.75) is 12.5 Å². The number of hydrogen-bond acceptors (Lipinski definition) is 2. The molecule has 2 nitrogen and oxygen atoms in total. The second-order valence-electron chi connectivity index (χ2n) is 4.49. The zero-order chi connectivity index (χ0) is 13.0. The Morgan fingerprint density at radius 3 is 2.83 bits per heavy atom. The summed E-state index contributed by atoms with van der Waals surface area (Å²) in [6, 6.07) is 4.69. The first-order valence-corrected chi connectivity index (χ1v) is 6.61. The molecule has 1 heterocycles. The Labute approximate surface area is 112 Å². The lowest BCUT2D eigenvalue weighted by molar-refractivity contribution is 0.174. The molecular weight excluding hydrogens is 251 g/mol. The molecule has 1 aliphatic rings. The summed E-state index contributed by atoms with van der Waals surface area (Å²) in [4.78, 5) is 2.33. The maximum atomic E-state index is 13.4. The Balaban J connectivity index is 2.27. The fraction of sp³-hybridized carbons (Fsp3) is 0.429. The average molecular weight is 269 g/mol. The van der Waals surface area contributed by atoms with Gasteiger partial charge in [0, 0.05) is 37.2 Å². The zero-order valence-corrected chi connectivity index (χ0v) is 11.1. The Bertz CT molecular complexity index is 416. The molecule has 0 radical (unpaired) electrons. The first kappa shape index (κ1) is 13.5. The summed E-state index contributed by atoms with van der Waals surface area (Å²) in [5.74, 6) is -0.237. The van der Waals surface area contributed by atoms with Gasteiger partial charge < -0.3 is 5.32 Å². The van der Waals surface area contributed by atoms with Gasteiger partial charge in [-0.2, -0.15) is 0 Å². The smallest absolute Gasteiger partial charge is 0.123 e. The Hall–Kier alpha value is -0.900. The SMILES string of the molecule is C=CC[C@H](c1cc(F)ccc1Cl)N1CCNCC1. The van der Waals surface area contributed by atoms with Gasteiger partial charge in [-0.3, -0.25) is 4.90 Å². The van der Waals surface area contributed by atoms with Crippen LogP contribution in [0.15, 0.2) is 30.9 Å². The lowest BCUT2D eigenvalue weighted by Gasteiger charge is -2.35. The summed E-state index contributed by atoms with van der Waals surface area (Å²) in [7, 11) is 0. The number of piperazine rings is 1. The van der Waals surface area contributed by atoms with E-state index in [0.717, 1.165) is 38.2 Å². The molecule has 1 aliphatic heterocycles. The molecule has 0 aromatic heterocycles. The topological polar surface area (TPSA) is 15.3 Å². The number of rotatable bonds is 4. The van der Waals surface area contributed by atoms with Crippen molar-refractivity contribution < 1.29 is 4.39 Å². The van der Waals surface area contributed by atoms with E-state index in [1.165, 1.54) is 6.07 Å². The van der Waals surface area contributed by atoms with Crippen molar-refractivity contribution in [3.05, 3.63) is 47.3 Å². The summed E-state index contributed by atoms with van der Waals surface area (Å²) in [5.41, 5.74) is 0.860. The van der Waals surface area contributed by atoms with Crippen LogP contribution >= 0.6 is 11.6 Å². The lowest BCUT2D eigenvalue weighted by Crippen LogP contribution is -2.45. The molecule has 1 N–H and O–H groups in total. The lowest BCUT2D eigenvalue weighted by atomic mass is 10.0. The molecule has 0 aliphatic carbocycles. The van der Waals surface area contributed by atoms with E-state index in [1.807, 2.05) is 6.08 Å². The number of nitrogens with one attached hydrogen (secondary N) is 1. The van der Waals surface area contributed by atoms with Crippen molar-refractivity contribution in [2.24, 2.45) is 0 Å². The summed E-state index contributed by atoms with van der Waals surface area (Å²) >= 11 is 6.20. The molecule has 1 saturated heterocycles. The highest BCUT2D eigenvalue weighted by molar-refractivity contribution is 6.31. The van der Waals surface area contributed by atoms with E-state index in [-0.39, 0.29) is 11.9 Å². The van der Waals surface area contributed by atoms with Crippen LogP contribution in [0.3, 0.4) is 0 Å². The first-order valence-electron chi connectivity index (χ1n) is 6.23. The van der Waals surface area contributed by atoms with Gasteiger partial charge in [-0.1, -0.05) is 17.7 Å². The minimum Gasteiger partial charge on any atom is -0.314 e. The van der Waals surface area contributed by atoms with Gasteiger partial charge in [-0.25, -0.2) is 4.39 Å². The molecular formula is C14H18ClFN2. The van der Waals surface area contributed by atoms with Crippen LogP contribution in [-0.2, 0) is 0 Å². The quantitative estimate of drug-likeness (QED) is 0.845. The molecule has 18 heavy (non-hydrogen) atoms. The maximum Gasteiger partial charge on any atom is 0.123 e. The molecule has 1 aromatic rings. The van der Waals surface area contributed by atoms with Crippen molar-refractivity contribution in [3.63, 3.8) is 0 Å². The van der Waals surface area contributed by atoms with Gasteiger partial charge >= 0.3 is 0 Å². The van der Waals surface area contributed by atoms with Gasteiger partial charge in [-0.15, -0.1) is 6.58 Å². The number of hydrogen-bond donors (Lipinski definition) is 1. The van der Waals surface area contributed by atoms with Crippen LogP contribution in [0.5, 0.6) is 0 Å². The van der Waals surface area contributed by atoms with Crippen LogP contribution in [0.25, 0.3) is 0 Å². The predicted molar refractivity (Wildman–Crippen MR) is 73.4 cm³/mol. The van der Waals surface area contributed by atoms with Gasteiger partial charge in [0.2, 0.25) is 0 Å². The standard InChI is InChI=1S/C14H18ClFN2/c1-2-3-14(18-8-6-17-7-9-18)12-10-11(16)4-5-13(12)15/h2,4-5,10,14,17H,1,3,6-9H2/t14-/m1/s1. The third-order valence-corrected chi connectivity index (χ3v) is 3.64. The van der Waals surface area contributed by atoms with E-state index in [0.29, 0.717) is 5.02 Å². The Morgan fingerprint density at radius 2 is 2.17 bits per heavy atom. The van der Waals surface area contributed by atoms with E-state index in [4.69, 9.17) is 11.6 Å². The van der Waals surface area contributed by atoms with E-state index < -0.39 is 0 Å². The third kappa shape index (κ3) is 3.10. The predicted octanol–water partition coefficient (Wildman–Crippen LogP) is 3.00. The summed E-state index contributed by atoms with van der Waals surface area (Å²) < 4.78 is 13.4. The largest absolute Gasteiger partial charge is 0.314 e. The van der Waals surface area contributed by atoms with E-state index in [2.05, 4.69) is 16.8 Å². The molecule has 0 saturated carbocycles. The number of nitrogens with zero attached hydrogens (tertiary/aromatic N) is 1. The van der Waals surface area contributed by atoms with E-state index in [1.54, 1.807) is 12.1 Å². The molecule has 1 atom stereocenters. The van der Waals surface area contributed by atoms with Gasteiger partial charge in [0.05, 0.1) is 0 Å². The highest BCUT2D eigenvalue weighted by Gasteiger charge is 2.23. The van der Waals surface area contributed by atoms with Crippen LogP contribution in [0.1, 0.15) is 18.0 Å². The maximum absolute atomic E-state index is 13.4. The van der Waals surface area contributed by atoms with E-state index in [9.17, 15) is 4.39 Å². The van der Waals surface area contributed by atoms with Gasteiger partial charge in [0.15, 0.2) is 0 Å². The highest BCUT2D eigenvalue weighted by Crippen LogP contribution is 2.31. The zero-order valence-electron chi connectivity index (χ0n) is 10.3. The monoisotopic (exact) mass is 268 g/mol. The first-order chi connectivity index (χ1) is 8.72. The molecule has 4 heteroatoms. The van der Waals surface area contributed by atoms with Gasteiger partial charge in [0.1, 0.15) is 5.82 Å². The molecule has 1 aromatic carbocycles. The number of benzene rings is 1. The normalized spacial score (nSPS) is 18.6. The Kier molecular flexibility index (Phi) is 4.75. The van der Waals surface area contributed by atoms with Crippen molar-refractivity contribution in [2.75, 3.05) is 26.2 Å². The van der Waals surface area contributed by atoms with Crippen LogP contribution in [-0.4, -0.2) is 31.1 Å². The van der Waals surface area contributed by atoms with Crippen molar-refractivity contribution in [1.82, 2.24) is 10.2 Å². The minimum absolute atomic E-state index is 0.118. The van der Waals surface area contributed by atoms with Crippen LogP contribution in [0, 0.1) is 5.82 Å². The summed E-state index contributed by atoms with van der Waals surface area (Å²) in [5, 5.41) is 3.94. The molecule has 0 spiro atoms. The molecule has 1 fully saturated rings. The average Bonchev–Trinajstić information content (AvgIpc) is 2.40. The van der Waals surface area contributed by atoms with Crippen molar-refractivity contribution in [3.8, 4) is 0 Å². The number of halogens is 2. The fourth-order valence-corrected chi connectivity index (χ4v) is 2.64. The second-order valence-corrected chi connectivity index (χ2v) is 4.90. The molecule has 98 valence electrons. The molecule has 0 unspecified atom stereocenters. The third-order valence-electron chi connectivity index (χ3n) is 3.30. The molecule has 2 rings (SSSR count). The van der Waals surface area contributed by atoms with Gasteiger partial charge in [-0.05, 0) is 30.2 Å². The molecule has 0 amide bonds. The van der Waals surface area contributed by atoms with E-state index >= 15 is 0 Å². The summed E-state index contributed by atoms with van der Waals surface area (Å²) in [6.07, 6.45) is 2.65. The second kappa shape index (κ2) is 6.32.